The Morgan fingerprint density at radius 3 is 1.91 bits per heavy atom. The molecule has 7 heteroatoms. The molecule has 0 bridgehead atoms. The molecule has 1 saturated heterocycles. The lowest BCUT2D eigenvalue weighted by Gasteiger charge is -2.45. The van der Waals surface area contributed by atoms with Crippen LogP contribution in [0.15, 0.2) is 71.8 Å². The minimum Gasteiger partial charge on any atom is -0.462 e. The van der Waals surface area contributed by atoms with Crippen LogP contribution in [0, 0.1) is 23.7 Å². The number of benzene rings is 2. The van der Waals surface area contributed by atoms with E-state index >= 15 is 0 Å². The second kappa shape index (κ2) is 13.6. The first kappa shape index (κ1) is 34.3. The maximum absolute atomic E-state index is 13.3. The Bertz CT molecular complexity index is 1290. The van der Waals surface area contributed by atoms with E-state index in [2.05, 4.69) is 116 Å². The first-order valence-corrected chi connectivity index (χ1v) is 21.8. The monoisotopic (exact) mass is 648 g/mol. The molecular formula is C38H56O5Si2. The van der Waals surface area contributed by atoms with Crippen molar-refractivity contribution in [1.82, 2.24) is 0 Å². The summed E-state index contributed by atoms with van der Waals surface area (Å²) in [5.74, 6) is 0.184. The molecule has 0 unspecified atom stereocenters. The summed E-state index contributed by atoms with van der Waals surface area (Å²) in [5.41, 5.74) is 2.71. The molecule has 45 heavy (non-hydrogen) atoms. The van der Waals surface area contributed by atoms with E-state index in [1.54, 1.807) is 7.11 Å². The van der Waals surface area contributed by atoms with Gasteiger partial charge in [-0.15, -0.1) is 0 Å². The van der Waals surface area contributed by atoms with E-state index in [4.69, 9.17) is 18.3 Å². The first-order valence-electron chi connectivity index (χ1n) is 17.3. The molecule has 0 N–H and O–H groups in total. The van der Waals surface area contributed by atoms with Gasteiger partial charge in [-0.2, -0.15) is 0 Å². The number of ether oxygens (including phenoxy) is 2. The molecule has 2 fully saturated rings. The van der Waals surface area contributed by atoms with E-state index in [1.807, 2.05) is 0 Å². The number of carbonyl (C=O) groups is 1. The van der Waals surface area contributed by atoms with E-state index in [0.29, 0.717) is 18.4 Å². The van der Waals surface area contributed by atoms with Gasteiger partial charge in [0.05, 0.1) is 24.7 Å². The molecule has 3 aliphatic rings. The van der Waals surface area contributed by atoms with Crippen LogP contribution in [0.2, 0.25) is 23.2 Å². The van der Waals surface area contributed by atoms with Gasteiger partial charge in [0, 0.05) is 13.0 Å². The van der Waals surface area contributed by atoms with E-state index in [-0.39, 0.29) is 41.2 Å². The number of hydrogen-bond acceptors (Lipinski definition) is 5. The third kappa shape index (κ3) is 6.08. The molecule has 0 amide bonds. The summed E-state index contributed by atoms with van der Waals surface area (Å²) in [6.07, 6.45) is 1.46. The van der Waals surface area contributed by atoms with Gasteiger partial charge in [0.2, 0.25) is 0 Å². The van der Waals surface area contributed by atoms with Crippen molar-refractivity contribution >= 4 is 33.0 Å². The topological polar surface area (TPSA) is 54.0 Å². The maximum atomic E-state index is 13.3. The molecule has 2 aliphatic carbocycles. The molecule has 5 rings (SSSR count). The van der Waals surface area contributed by atoms with Crippen LogP contribution in [0.25, 0.3) is 0 Å². The summed E-state index contributed by atoms with van der Waals surface area (Å²) >= 11 is 0. The third-order valence-corrected chi connectivity index (χ3v) is 21.3. The molecule has 0 aromatic heterocycles. The van der Waals surface area contributed by atoms with Gasteiger partial charge in [0.25, 0.3) is 8.32 Å². The Morgan fingerprint density at radius 2 is 1.42 bits per heavy atom. The maximum Gasteiger partial charge on any atom is 0.312 e. The third-order valence-electron chi connectivity index (χ3n) is 11.6. The van der Waals surface area contributed by atoms with Crippen molar-refractivity contribution in [1.29, 1.82) is 0 Å². The largest absolute Gasteiger partial charge is 0.462 e. The van der Waals surface area contributed by atoms with E-state index in [1.165, 1.54) is 21.5 Å². The SMILES string of the molecule is CC[Si](CC)(CC)O[C@H]1C2=C(C)[C@@H](O[Si](c3ccccc3)(c3ccccc3)C(C)(C)C)C[C@H]2[C@@H](C)C[C@@H]2OC(=O)[C@H](COC)[C@H]21. The summed E-state index contributed by atoms with van der Waals surface area (Å²) in [6, 6.07) is 25.1. The number of carbonyl (C=O) groups excluding carboxylic acids is 1. The van der Waals surface area contributed by atoms with Crippen LogP contribution in [0.1, 0.15) is 68.2 Å². The Morgan fingerprint density at radius 1 is 0.867 bits per heavy atom. The number of methoxy groups -OCH3 is 1. The second-order valence-corrected chi connectivity index (χ2v) is 23.8. The number of esters is 1. The molecule has 1 aliphatic heterocycles. The number of hydrogen-bond donors (Lipinski definition) is 0. The predicted octanol–water partition coefficient (Wildman–Crippen LogP) is 7.50. The predicted molar refractivity (Wildman–Crippen MR) is 188 cm³/mol. The van der Waals surface area contributed by atoms with Crippen LogP contribution in [0.5, 0.6) is 0 Å². The Kier molecular flexibility index (Phi) is 10.4. The summed E-state index contributed by atoms with van der Waals surface area (Å²) in [5, 5.41) is 2.50. The van der Waals surface area contributed by atoms with Crippen LogP contribution in [0.4, 0.5) is 0 Å². The lowest BCUT2D eigenvalue weighted by atomic mass is 9.82. The molecule has 0 radical (unpaired) electrons. The number of fused-ring (bicyclic) bond motifs is 2. The summed E-state index contributed by atoms with van der Waals surface area (Å²) in [4.78, 5) is 13.3. The molecule has 2 aromatic carbocycles. The van der Waals surface area contributed by atoms with Gasteiger partial charge in [-0.25, -0.2) is 0 Å². The minimum absolute atomic E-state index is 0.0266. The zero-order valence-electron chi connectivity index (χ0n) is 29.1. The zero-order chi connectivity index (χ0) is 32.6. The van der Waals surface area contributed by atoms with Crippen molar-refractivity contribution in [3.05, 3.63) is 71.8 Å². The molecular weight excluding hydrogens is 593 g/mol. The van der Waals surface area contributed by atoms with Gasteiger partial charge < -0.3 is 18.3 Å². The molecule has 1 saturated carbocycles. The molecule has 5 nitrogen and oxygen atoms in total. The van der Waals surface area contributed by atoms with Crippen molar-refractivity contribution < 1.29 is 23.1 Å². The van der Waals surface area contributed by atoms with Crippen molar-refractivity contribution in [2.45, 2.75) is 110 Å². The highest BCUT2D eigenvalue weighted by Gasteiger charge is 2.58. The van der Waals surface area contributed by atoms with E-state index < -0.39 is 16.6 Å². The minimum atomic E-state index is -2.77. The number of rotatable bonds is 11. The average molecular weight is 649 g/mol. The van der Waals surface area contributed by atoms with Crippen molar-refractivity contribution in [2.24, 2.45) is 23.7 Å². The van der Waals surface area contributed by atoms with Crippen LogP contribution in [-0.2, 0) is 23.1 Å². The lowest BCUT2D eigenvalue weighted by molar-refractivity contribution is -0.145. The lowest BCUT2D eigenvalue weighted by Crippen LogP contribution is -2.67. The summed E-state index contributed by atoms with van der Waals surface area (Å²) in [6.45, 7) is 19.0. The second-order valence-electron chi connectivity index (χ2n) is 14.9. The zero-order valence-corrected chi connectivity index (χ0v) is 31.1. The van der Waals surface area contributed by atoms with Crippen LogP contribution >= 0.6 is 0 Å². The van der Waals surface area contributed by atoms with Crippen molar-refractivity contribution in [3.8, 4) is 0 Å². The Labute approximate surface area is 274 Å². The van der Waals surface area contributed by atoms with Gasteiger partial charge >= 0.3 is 5.97 Å². The summed E-state index contributed by atoms with van der Waals surface area (Å²) < 4.78 is 27.2. The van der Waals surface area contributed by atoms with Gasteiger partial charge in [0.1, 0.15) is 6.10 Å². The van der Waals surface area contributed by atoms with Crippen LogP contribution in [-0.4, -0.2) is 54.6 Å². The quantitative estimate of drug-likeness (QED) is 0.144. The van der Waals surface area contributed by atoms with Gasteiger partial charge in [-0.3, -0.25) is 4.79 Å². The fourth-order valence-corrected chi connectivity index (χ4v) is 16.4. The summed E-state index contributed by atoms with van der Waals surface area (Å²) in [7, 11) is -3.13. The van der Waals surface area contributed by atoms with E-state index in [0.717, 1.165) is 31.0 Å². The van der Waals surface area contributed by atoms with Crippen molar-refractivity contribution in [3.63, 3.8) is 0 Å². The smallest absolute Gasteiger partial charge is 0.312 e. The fourth-order valence-electron chi connectivity index (χ4n) is 8.88. The van der Waals surface area contributed by atoms with Crippen LogP contribution < -0.4 is 10.4 Å². The fraction of sp³-hybridized carbons (Fsp3) is 0.605. The van der Waals surface area contributed by atoms with Gasteiger partial charge in [-0.05, 0) is 76.3 Å². The van der Waals surface area contributed by atoms with Gasteiger partial charge in [0.15, 0.2) is 8.32 Å². The molecule has 0 spiro atoms. The highest BCUT2D eigenvalue weighted by molar-refractivity contribution is 6.99. The average Bonchev–Trinajstić information content (AvgIpc) is 3.48. The molecule has 1 heterocycles. The highest BCUT2D eigenvalue weighted by atomic mass is 28.4. The van der Waals surface area contributed by atoms with Crippen molar-refractivity contribution in [2.75, 3.05) is 13.7 Å². The Hall–Kier alpha value is -2.04. The van der Waals surface area contributed by atoms with Crippen LogP contribution in [0.3, 0.4) is 0 Å². The first-order chi connectivity index (χ1) is 21.5. The standard InChI is InChI=1S/C38H56O5Si2/c1-10-44(11-2,12-3)43-36-34-27(5)32(24-30(34)26(4)23-33-35(36)31(25-40-9)37(39)41-33)42-45(38(6,7)8,28-19-15-13-16-20-28)29-21-17-14-18-22-29/h13-22,26,30-33,35-36H,10-12,23-25H2,1-9H3/t26-,30-,31+,32-,33-,35+,36-/m0/s1. The molecule has 246 valence electrons. The highest BCUT2D eigenvalue weighted by Crippen LogP contribution is 2.53. The molecule has 2 aromatic rings. The molecule has 7 atom stereocenters. The normalized spacial score (nSPS) is 28.9. The van der Waals surface area contributed by atoms with Gasteiger partial charge in [-0.1, -0.05) is 109 Å². The Balaban J connectivity index is 1.67. The van der Waals surface area contributed by atoms with E-state index in [9.17, 15) is 4.79 Å².